The van der Waals surface area contributed by atoms with E-state index in [1.165, 1.54) is 0 Å². The van der Waals surface area contributed by atoms with Crippen LogP contribution in [0.2, 0.25) is 0 Å². The summed E-state index contributed by atoms with van der Waals surface area (Å²) in [7, 11) is 0. The lowest BCUT2D eigenvalue weighted by Gasteiger charge is -2.29. The Hall–Kier alpha value is -4.14. The van der Waals surface area contributed by atoms with Gasteiger partial charge in [0, 0.05) is 31.7 Å². The van der Waals surface area contributed by atoms with Gasteiger partial charge in [-0.05, 0) is 73.9 Å². The van der Waals surface area contributed by atoms with Crippen molar-refractivity contribution in [2.45, 2.75) is 26.3 Å². The molecule has 5 rings (SSSR count). The number of Topliss-reactive ketones (excluding diaryl/α,β-unsaturated/α-hetero) is 1. The second-order valence-corrected chi connectivity index (χ2v) is 10.2. The van der Waals surface area contributed by atoms with E-state index in [1.54, 1.807) is 17.0 Å². The molecule has 0 unspecified atom stereocenters. The highest BCUT2D eigenvalue weighted by Crippen LogP contribution is 2.41. The van der Waals surface area contributed by atoms with E-state index in [4.69, 9.17) is 14.2 Å². The molecular weight excluding hydrogens is 520 g/mol. The Morgan fingerprint density at radius 1 is 0.927 bits per heavy atom. The first-order valence-electron chi connectivity index (χ1n) is 14.1. The minimum Gasteiger partial charge on any atom is -0.507 e. The molecule has 41 heavy (non-hydrogen) atoms. The summed E-state index contributed by atoms with van der Waals surface area (Å²) in [6.07, 6.45) is 0.686. The van der Waals surface area contributed by atoms with E-state index in [0.29, 0.717) is 61.2 Å². The molecule has 0 radical (unpaired) electrons. The third kappa shape index (κ3) is 6.45. The summed E-state index contributed by atoms with van der Waals surface area (Å²) in [6, 6.07) is 21.3. The molecule has 3 aromatic rings. The second-order valence-electron chi connectivity index (χ2n) is 10.2. The molecule has 2 aliphatic heterocycles. The van der Waals surface area contributed by atoms with Gasteiger partial charge in [-0.1, -0.05) is 30.3 Å². The molecule has 8 heteroatoms. The number of hydrogen-bond acceptors (Lipinski definition) is 7. The number of nitrogens with zero attached hydrogens (tertiary/aromatic N) is 2. The van der Waals surface area contributed by atoms with E-state index in [1.807, 2.05) is 74.5 Å². The van der Waals surface area contributed by atoms with Crippen molar-refractivity contribution in [2.75, 3.05) is 46.0 Å². The highest BCUT2D eigenvalue weighted by atomic mass is 16.5. The van der Waals surface area contributed by atoms with Crippen LogP contribution in [0.5, 0.6) is 17.2 Å². The zero-order valence-electron chi connectivity index (χ0n) is 23.5. The van der Waals surface area contributed by atoms with E-state index in [-0.39, 0.29) is 11.3 Å². The Kier molecular flexibility index (Phi) is 9.01. The van der Waals surface area contributed by atoms with Crippen molar-refractivity contribution >= 4 is 17.4 Å². The summed E-state index contributed by atoms with van der Waals surface area (Å²) in [4.78, 5) is 30.9. The lowest BCUT2D eigenvalue weighted by atomic mass is 9.93. The maximum absolute atomic E-state index is 13.5. The number of morpholine rings is 1. The number of carbonyl (C=O) groups excluding carboxylic acids is 2. The van der Waals surface area contributed by atoms with E-state index in [2.05, 4.69) is 4.90 Å². The van der Waals surface area contributed by atoms with Gasteiger partial charge in [-0.25, -0.2) is 0 Å². The lowest BCUT2D eigenvalue weighted by Crippen LogP contribution is -2.38. The van der Waals surface area contributed by atoms with Crippen molar-refractivity contribution in [1.82, 2.24) is 9.80 Å². The molecule has 1 N–H and O–H groups in total. The smallest absolute Gasteiger partial charge is 0.295 e. The summed E-state index contributed by atoms with van der Waals surface area (Å²) in [5.41, 5.74) is 1.99. The summed E-state index contributed by atoms with van der Waals surface area (Å²) in [5.74, 6) is 0.420. The fourth-order valence-corrected chi connectivity index (χ4v) is 5.42. The molecule has 0 spiro atoms. The summed E-state index contributed by atoms with van der Waals surface area (Å²) < 4.78 is 17.1. The average molecular weight is 557 g/mol. The number of carbonyl (C=O) groups is 2. The van der Waals surface area contributed by atoms with E-state index in [9.17, 15) is 14.7 Å². The third-order valence-electron chi connectivity index (χ3n) is 7.43. The topological polar surface area (TPSA) is 88.5 Å². The number of rotatable bonds is 10. The minimum absolute atomic E-state index is 0.0745. The molecule has 1 amide bonds. The SMILES string of the molecule is CCOc1ccc(C(O)=C2C(=O)C(=O)N(CCCN3CCOCC3)[C@@H]2c2cccc(Oc3ccccc3)c2)c(C)c1. The number of aryl methyl sites for hydroxylation is 1. The molecule has 2 heterocycles. The van der Waals surface area contributed by atoms with Gasteiger partial charge in [-0.3, -0.25) is 14.5 Å². The standard InChI is InChI=1S/C33H36N2O6/c1-3-40-26-13-14-28(23(2)21-26)31(36)29-30(24-9-7-12-27(22-24)41-25-10-5-4-6-11-25)35(33(38)32(29)37)16-8-15-34-17-19-39-20-18-34/h4-7,9-14,21-22,30,36H,3,8,15-20H2,1-2H3/t30-/m1/s1. The Morgan fingerprint density at radius 3 is 2.41 bits per heavy atom. The Morgan fingerprint density at radius 2 is 1.68 bits per heavy atom. The zero-order valence-corrected chi connectivity index (χ0v) is 23.5. The molecule has 0 bridgehead atoms. The van der Waals surface area contributed by atoms with Gasteiger partial charge in [-0.15, -0.1) is 0 Å². The van der Waals surface area contributed by atoms with Crippen molar-refractivity contribution in [3.8, 4) is 17.2 Å². The number of amides is 1. The van der Waals surface area contributed by atoms with Crippen molar-refractivity contribution in [2.24, 2.45) is 0 Å². The summed E-state index contributed by atoms with van der Waals surface area (Å²) in [6.45, 7) is 8.50. The molecule has 2 fully saturated rings. The molecule has 0 aromatic heterocycles. The number of aliphatic hydroxyl groups excluding tert-OH is 1. The number of benzene rings is 3. The van der Waals surface area contributed by atoms with Gasteiger partial charge in [0.25, 0.3) is 11.7 Å². The van der Waals surface area contributed by atoms with Crippen LogP contribution in [-0.2, 0) is 14.3 Å². The van der Waals surface area contributed by atoms with Crippen LogP contribution in [-0.4, -0.2) is 72.6 Å². The van der Waals surface area contributed by atoms with Gasteiger partial charge in [0.05, 0.1) is 31.4 Å². The first-order valence-corrected chi connectivity index (χ1v) is 14.1. The van der Waals surface area contributed by atoms with E-state index >= 15 is 0 Å². The van der Waals surface area contributed by atoms with Crippen LogP contribution >= 0.6 is 0 Å². The van der Waals surface area contributed by atoms with Crippen LogP contribution < -0.4 is 9.47 Å². The fraction of sp³-hybridized carbons (Fsp3) is 0.333. The minimum atomic E-state index is -0.759. The predicted octanol–water partition coefficient (Wildman–Crippen LogP) is 5.33. The molecule has 2 aliphatic rings. The van der Waals surface area contributed by atoms with Gasteiger partial charge >= 0.3 is 0 Å². The second kappa shape index (κ2) is 13.0. The van der Waals surface area contributed by atoms with Crippen LogP contribution in [0.3, 0.4) is 0 Å². The molecule has 3 aromatic carbocycles. The Bertz CT molecular complexity index is 1410. The summed E-state index contributed by atoms with van der Waals surface area (Å²) >= 11 is 0. The van der Waals surface area contributed by atoms with Gasteiger partial charge in [-0.2, -0.15) is 0 Å². The van der Waals surface area contributed by atoms with Crippen molar-refractivity contribution < 1.29 is 28.9 Å². The first-order chi connectivity index (χ1) is 20.0. The van der Waals surface area contributed by atoms with Gasteiger partial charge < -0.3 is 24.2 Å². The first kappa shape index (κ1) is 28.4. The molecule has 214 valence electrons. The van der Waals surface area contributed by atoms with E-state index < -0.39 is 17.7 Å². The van der Waals surface area contributed by atoms with Crippen LogP contribution in [0, 0.1) is 6.92 Å². The average Bonchev–Trinajstić information content (AvgIpc) is 3.23. The number of ether oxygens (including phenoxy) is 3. The maximum Gasteiger partial charge on any atom is 0.295 e. The van der Waals surface area contributed by atoms with Crippen LogP contribution in [0.4, 0.5) is 0 Å². The normalized spacial score (nSPS) is 19.0. The van der Waals surface area contributed by atoms with Gasteiger partial charge in [0.2, 0.25) is 0 Å². The van der Waals surface area contributed by atoms with Crippen molar-refractivity contribution in [3.63, 3.8) is 0 Å². The molecular formula is C33H36N2O6. The molecule has 2 saturated heterocycles. The number of hydrogen-bond donors (Lipinski definition) is 1. The lowest BCUT2D eigenvalue weighted by molar-refractivity contribution is -0.140. The van der Waals surface area contributed by atoms with Crippen LogP contribution in [0.1, 0.15) is 36.1 Å². The van der Waals surface area contributed by atoms with Gasteiger partial charge in [0.1, 0.15) is 23.0 Å². The number of para-hydroxylation sites is 1. The summed E-state index contributed by atoms with van der Waals surface area (Å²) in [5, 5.41) is 11.6. The van der Waals surface area contributed by atoms with Gasteiger partial charge in [0.15, 0.2) is 0 Å². The molecule has 8 nitrogen and oxygen atoms in total. The quantitative estimate of drug-likeness (QED) is 0.205. The zero-order chi connectivity index (χ0) is 28.8. The van der Waals surface area contributed by atoms with Crippen LogP contribution in [0.15, 0.2) is 78.4 Å². The number of aliphatic hydroxyl groups is 1. The molecule has 0 saturated carbocycles. The number of ketones is 1. The number of likely N-dealkylation sites (tertiary alicyclic amines) is 1. The monoisotopic (exact) mass is 556 g/mol. The largest absolute Gasteiger partial charge is 0.507 e. The highest BCUT2D eigenvalue weighted by Gasteiger charge is 2.46. The van der Waals surface area contributed by atoms with Crippen molar-refractivity contribution in [1.29, 1.82) is 0 Å². The molecule has 0 aliphatic carbocycles. The van der Waals surface area contributed by atoms with Crippen molar-refractivity contribution in [3.05, 3.63) is 95.1 Å². The Labute approximate surface area is 240 Å². The molecule has 1 atom stereocenters. The maximum atomic E-state index is 13.5. The Balaban J connectivity index is 1.51. The third-order valence-corrected chi connectivity index (χ3v) is 7.43. The highest BCUT2D eigenvalue weighted by molar-refractivity contribution is 6.46. The fourth-order valence-electron chi connectivity index (χ4n) is 5.42. The van der Waals surface area contributed by atoms with Crippen LogP contribution in [0.25, 0.3) is 5.76 Å². The predicted molar refractivity (Wildman–Crippen MR) is 156 cm³/mol. The van der Waals surface area contributed by atoms with E-state index in [0.717, 1.165) is 25.2 Å².